The first kappa shape index (κ1) is 38.2. The van der Waals surface area contributed by atoms with Crippen molar-refractivity contribution in [2.24, 2.45) is 0 Å². The standard InChI is InChI=1S/C30H35N5O15/c1-6-19(14-47-25(37)13-22(31-24(36)15-49-35(42)43)30(39)46-7-8-48-34(40)41)50-27-16(2)9-18(10-17(27)3)28-32-21-11-20(44-4)12-23(45-5)26(21)29(38)33-28/h9-12,19,22H,6-8,13-15H2,1-5H3,(H,31,36)(H,32,33,38). The molecular weight excluding hydrogens is 670 g/mol. The summed E-state index contributed by atoms with van der Waals surface area (Å²) in [4.78, 5) is 86.3. The molecule has 1 heterocycles. The van der Waals surface area contributed by atoms with Gasteiger partial charge in [0.25, 0.3) is 15.7 Å². The summed E-state index contributed by atoms with van der Waals surface area (Å²) in [6, 6.07) is 5.07. The van der Waals surface area contributed by atoms with Gasteiger partial charge in [-0.2, -0.15) is 0 Å². The number of hydrogen-bond acceptors (Lipinski definition) is 16. The van der Waals surface area contributed by atoms with Gasteiger partial charge in [0, 0.05) is 17.7 Å². The average Bonchev–Trinajstić information content (AvgIpc) is 3.07. The molecule has 0 radical (unpaired) electrons. The van der Waals surface area contributed by atoms with Gasteiger partial charge in [0.2, 0.25) is 5.91 Å². The van der Waals surface area contributed by atoms with Crippen LogP contribution in [0, 0.1) is 34.1 Å². The molecule has 1 aromatic heterocycles. The minimum Gasteiger partial charge on any atom is -0.497 e. The molecule has 0 aliphatic heterocycles. The van der Waals surface area contributed by atoms with E-state index in [2.05, 4.69) is 25.0 Å². The summed E-state index contributed by atoms with van der Waals surface area (Å²) in [6.07, 6.45) is -1.03. The molecule has 0 fully saturated rings. The van der Waals surface area contributed by atoms with Crippen LogP contribution in [0.15, 0.2) is 29.1 Å². The predicted molar refractivity (Wildman–Crippen MR) is 169 cm³/mol. The van der Waals surface area contributed by atoms with Gasteiger partial charge in [-0.05, 0) is 43.5 Å². The number of aromatic nitrogens is 2. The molecule has 0 aliphatic rings. The highest BCUT2D eigenvalue weighted by Crippen LogP contribution is 2.32. The van der Waals surface area contributed by atoms with Crippen LogP contribution in [-0.4, -0.2) is 90.8 Å². The Balaban J connectivity index is 1.71. The number of benzene rings is 2. The molecule has 0 bridgehead atoms. The van der Waals surface area contributed by atoms with Gasteiger partial charge >= 0.3 is 11.9 Å². The van der Waals surface area contributed by atoms with Gasteiger partial charge in [-0.3, -0.25) is 14.4 Å². The van der Waals surface area contributed by atoms with Crippen molar-refractivity contribution in [3.8, 4) is 28.6 Å². The fourth-order valence-corrected chi connectivity index (χ4v) is 4.61. The lowest BCUT2D eigenvalue weighted by molar-refractivity contribution is -0.757. The number of amides is 1. The summed E-state index contributed by atoms with van der Waals surface area (Å²) >= 11 is 0. The molecule has 2 unspecified atom stereocenters. The first-order chi connectivity index (χ1) is 23.8. The van der Waals surface area contributed by atoms with Gasteiger partial charge in [-0.25, -0.2) is 9.78 Å². The van der Waals surface area contributed by atoms with Crippen molar-refractivity contribution in [3.05, 3.63) is 66.0 Å². The Labute approximate surface area is 283 Å². The summed E-state index contributed by atoms with van der Waals surface area (Å²) in [5, 5.41) is 20.7. The lowest BCUT2D eigenvalue weighted by atomic mass is 10.0. The zero-order valence-corrected chi connectivity index (χ0v) is 27.7. The van der Waals surface area contributed by atoms with Crippen molar-refractivity contribution in [1.29, 1.82) is 0 Å². The summed E-state index contributed by atoms with van der Waals surface area (Å²) in [5.74, 6) is -1.71. The van der Waals surface area contributed by atoms with Crippen LogP contribution in [0.5, 0.6) is 17.2 Å². The number of methoxy groups -OCH3 is 2. The molecule has 20 heteroatoms. The third-order valence-corrected chi connectivity index (χ3v) is 6.92. The molecule has 3 rings (SSSR count). The minimum atomic E-state index is -1.67. The molecule has 2 aromatic carbocycles. The summed E-state index contributed by atoms with van der Waals surface area (Å²) < 4.78 is 26.9. The van der Waals surface area contributed by atoms with Crippen molar-refractivity contribution in [3.63, 3.8) is 0 Å². The number of esters is 2. The highest BCUT2D eigenvalue weighted by Gasteiger charge is 2.27. The van der Waals surface area contributed by atoms with Gasteiger partial charge in [-0.1, -0.05) is 6.92 Å². The normalized spacial score (nSPS) is 11.9. The molecule has 0 saturated heterocycles. The maximum absolute atomic E-state index is 13.0. The maximum Gasteiger partial charge on any atom is 0.329 e. The van der Waals surface area contributed by atoms with Crippen molar-refractivity contribution in [1.82, 2.24) is 15.3 Å². The molecule has 2 atom stereocenters. The van der Waals surface area contributed by atoms with Crippen LogP contribution in [0.1, 0.15) is 30.9 Å². The Hall–Kier alpha value is -6.21. The van der Waals surface area contributed by atoms with Crippen LogP contribution in [0.4, 0.5) is 0 Å². The SMILES string of the molecule is CCC(COC(=O)CC(NC(=O)CO[N+](=O)[O-])C(=O)OCCO[N+](=O)[O-])Oc1c(C)cc(-c2nc3cc(OC)cc(OC)c3c(=O)[nH]2)cc1C. The molecule has 0 saturated carbocycles. The number of hydrogen-bond donors (Lipinski definition) is 2. The topological polar surface area (TPSA) is 260 Å². The quantitative estimate of drug-likeness (QED) is 0.0779. The summed E-state index contributed by atoms with van der Waals surface area (Å²) in [5.41, 5.74) is 1.92. The zero-order valence-electron chi connectivity index (χ0n) is 27.7. The van der Waals surface area contributed by atoms with E-state index >= 15 is 0 Å². The first-order valence-corrected chi connectivity index (χ1v) is 14.9. The monoisotopic (exact) mass is 705 g/mol. The fraction of sp³-hybridized carbons (Fsp3) is 0.433. The maximum atomic E-state index is 13.0. The predicted octanol–water partition coefficient (Wildman–Crippen LogP) is 1.76. The van der Waals surface area contributed by atoms with E-state index in [9.17, 15) is 39.4 Å². The Kier molecular flexibility index (Phi) is 13.6. The van der Waals surface area contributed by atoms with Crippen LogP contribution >= 0.6 is 0 Å². The number of carbonyl (C=O) groups excluding carboxylic acids is 3. The second kappa shape index (κ2) is 17.8. The molecule has 50 heavy (non-hydrogen) atoms. The van der Waals surface area contributed by atoms with Gasteiger partial charge in [-0.15, -0.1) is 20.2 Å². The first-order valence-electron chi connectivity index (χ1n) is 14.9. The smallest absolute Gasteiger partial charge is 0.329 e. The highest BCUT2D eigenvalue weighted by molar-refractivity contribution is 5.89. The van der Waals surface area contributed by atoms with Gasteiger partial charge < -0.3 is 43.7 Å². The molecular formula is C30H35N5O15. The third-order valence-electron chi connectivity index (χ3n) is 6.92. The molecule has 2 N–H and O–H groups in total. The van der Waals surface area contributed by atoms with Crippen molar-refractivity contribution in [2.75, 3.05) is 40.6 Å². The Morgan fingerprint density at radius 3 is 2.24 bits per heavy atom. The van der Waals surface area contributed by atoms with Crippen molar-refractivity contribution >= 4 is 28.7 Å². The van der Waals surface area contributed by atoms with E-state index in [1.807, 2.05) is 0 Å². The number of nitrogens with one attached hydrogen (secondary N) is 2. The lowest BCUT2D eigenvalue weighted by Gasteiger charge is -2.22. The molecule has 3 aromatic rings. The summed E-state index contributed by atoms with van der Waals surface area (Å²) in [6.45, 7) is 2.80. The Morgan fingerprint density at radius 2 is 1.64 bits per heavy atom. The number of nitrogens with zero attached hydrogens (tertiary/aromatic N) is 3. The number of rotatable bonds is 19. The number of H-pyrrole nitrogens is 1. The third kappa shape index (κ3) is 10.7. The Bertz CT molecular complexity index is 1770. The fourth-order valence-electron chi connectivity index (χ4n) is 4.61. The van der Waals surface area contributed by atoms with Crippen LogP contribution in [-0.2, 0) is 33.5 Å². The van der Waals surface area contributed by atoms with Gasteiger partial charge in [0.05, 0.1) is 26.2 Å². The van der Waals surface area contributed by atoms with E-state index in [1.54, 1.807) is 45.0 Å². The van der Waals surface area contributed by atoms with E-state index in [0.29, 0.717) is 51.7 Å². The average molecular weight is 706 g/mol. The molecule has 1 amide bonds. The molecule has 20 nitrogen and oxygen atoms in total. The summed E-state index contributed by atoms with van der Waals surface area (Å²) in [7, 11) is 2.93. The van der Waals surface area contributed by atoms with Gasteiger partial charge in [0.1, 0.15) is 60.4 Å². The van der Waals surface area contributed by atoms with E-state index in [4.69, 9.17) is 23.7 Å². The number of carbonyl (C=O) groups is 3. The van der Waals surface area contributed by atoms with E-state index in [0.717, 1.165) is 0 Å². The van der Waals surface area contributed by atoms with Crippen LogP contribution in [0.2, 0.25) is 0 Å². The van der Waals surface area contributed by atoms with E-state index in [1.165, 1.54) is 14.2 Å². The van der Waals surface area contributed by atoms with Crippen LogP contribution in [0.3, 0.4) is 0 Å². The molecule has 0 spiro atoms. The second-order valence-corrected chi connectivity index (χ2v) is 10.5. The molecule has 0 aliphatic carbocycles. The van der Waals surface area contributed by atoms with Crippen LogP contribution in [0.25, 0.3) is 22.3 Å². The zero-order chi connectivity index (χ0) is 37.0. The molecule has 270 valence electrons. The lowest BCUT2D eigenvalue weighted by Crippen LogP contribution is -2.45. The number of fused-ring (bicyclic) bond motifs is 1. The van der Waals surface area contributed by atoms with E-state index in [-0.39, 0.29) is 12.0 Å². The number of ether oxygens (including phenoxy) is 5. The number of aryl methyl sites for hydroxylation is 2. The van der Waals surface area contributed by atoms with E-state index < -0.39 is 72.0 Å². The van der Waals surface area contributed by atoms with Crippen molar-refractivity contribution in [2.45, 2.75) is 45.8 Å². The largest absolute Gasteiger partial charge is 0.497 e. The van der Waals surface area contributed by atoms with Crippen LogP contribution < -0.4 is 25.1 Å². The Morgan fingerprint density at radius 1 is 0.960 bits per heavy atom. The minimum absolute atomic E-state index is 0.266. The highest BCUT2D eigenvalue weighted by atomic mass is 17.0. The number of aromatic amines is 1. The second-order valence-electron chi connectivity index (χ2n) is 10.5. The van der Waals surface area contributed by atoms with Gasteiger partial charge in [0.15, 0.2) is 6.61 Å². The van der Waals surface area contributed by atoms with Crippen molar-refractivity contribution < 1.29 is 57.9 Å².